The highest BCUT2D eigenvalue weighted by molar-refractivity contribution is 9.10. The van der Waals surface area contributed by atoms with Crippen LogP contribution in [-0.4, -0.2) is 13.4 Å². The van der Waals surface area contributed by atoms with Gasteiger partial charge in [-0.25, -0.2) is 13.4 Å². The molecule has 0 bridgehead atoms. The summed E-state index contributed by atoms with van der Waals surface area (Å²) in [5.74, 6) is 0. The van der Waals surface area contributed by atoms with Gasteiger partial charge < -0.3 is 5.73 Å². The van der Waals surface area contributed by atoms with Gasteiger partial charge in [0.2, 0.25) is 0 Å². The van der Waals surface area contributed by atoms with Crippen LogP contribution in [0.1, 0.15) is 5.01 Å². The molecule has 1 aromatic heterocycles. The summed E-state index contributed by atoms with van der Waals surface area (Å²) in [6, 6.07) is 4.84. The molecule has 2 rings (SSSR count). The van der Waals surface area contributed by atoms with E-state index in [1.807, 2.05) is 0 Å². The number of rotatable bonds is 3. The molecule has 0 radical (unpaired) electrons. The van der Waals surface area contributed by atoms with Crippen LogP contribution in [0.15, 0.2) is 33.1 Å². The first-order valence-corrected chi connectivity index (χ1v) is 7.98. The SMILES string of the molecule is Cc1ncc(S(=O)(=O)Nc2ccc(N)c(Br)c2)s1. The molecule has 3 N–H and O–H groups in total. The van der Waals surface area contributed by atoms with E-state index in [0.717, 1.165) is 11.3 Å². The summed E-state index contributed by atoms with van der Waals surface area (Å²) >= 11 is 4.37. The fraction of sp³-hybridized carbons (Fsp3) is 0.100. The maximum absolute atomic E-state index is 12.0. The van der Waals surface area contributed by atoms with Gasteiger partial charge in [-0.05, 0) is 41.1 Å². The van der Waals surface area contributed by atoms with E-state index in [1.54, 1.807) is 25.1 Å². The van der Waals surface area contributed by atoms with Crippen LogP contribution in [0.3, 0.4) is 0 Å². The highest BCUT2D eigenvalue weighted by Crippen LogP contribution is 2.26. The monoisotopic (exact) mass is 347 g/mol. The number of anilines is 2. The number of aromatic nitrogens is 1. The van der Waals surface area contributed by atoms with Gasteiger partial charge in [0, 0.05) is 10.2 Å². The number of halogens is 1. The van der Waals surface area contributed by atoms with E-state index in [9.17, 15) is 8.42 Å². The lowest BCUT2D eigenvalue weighted by Crippen LogP contribution is -2.11. The van der Waals surface area contributed by atoms with Crippen LogP contribution in [0.25, 0.3) is 0 Å². The van der Waals surface area contributed by atoms with Crippen molar-refractivity contribution >= 4 is 48.7 Å². The van der Waals surface area contributed by atoms with Gasteiger partial charge in [0.05, 0.1) is 16.9 Å². The molecule has 1 heterocycles. The van der Waals surface area contributed by atoms with Crippen molar-refractivity contribution in [1.82, 2.24) is 4.98 Å². The number of benzene rings is 1. The third-order valence-corrected chi connectivity index (χ3v) is 5.56. The zero-order valence-corrected chi connectivity index (χ0v) is 12.6. The Bertz CT molecular complexity index is 682. The Morgan fingerprint density at radius 2 is 2.17 bits per heavy atom. The number of nitrogens with one attached hydrogen (secondary N) is 1. The van der Waals surface area contributed by atoms with Crippen LogP contribution in [0.4, 0.5) is 11.4 Å². The number of nitrogens with zero attached hydrogens (tertiary/aromatic N) is 1. The smallest absolute Gasteiger partial charge is 0.273 e. The lowest BCUT2D eigenvalue weighted by molar-refractivity contribution is 0.603. The molecular formula is C10H10BrN3O2S2. The predicted molar refractivity (Wildman–Crippen MR) is 76.2 cm³/mol. The summed E-state index contributed by atoms with van der Waals surface area (Å²) in [5, 5.41) is 0.703. The van der Waals surface area contributed by atoms with Gasteiger partial charge in [0.15, 0.2) is 4.21 Å². The van der Waals surface area contributed by atoms with Crippen molar-refractivity contribution in [2.45, 2.75) is 11.1 Å². The van der Waals surface area contributed by atoms with Gasteiger partial charge in [-0.2, -0.15) is 0 Å². The fourth-order valence-electron chi connectivity index (χ4n) is 1.26. The van der Waals surface area contributed by atoms with Crippen molar-refractivity contribution in [2.24, 2.45) is 0 Å². The Balaban J connectivity index is 2.30. The molecule has 5 nitrogen and oxygen atoms in total. The minimum atomic E-state index is -3.58. The lowest BCUT2D eigenvalue weighted by Gasteiger charge is -2.07. The molecule has 1 aromatic carbocycles. The average Bonchev–Trinajstić information content (AvgIpc) is 2.71. The number of nitrogens with two attached hydrogens (primary N) is 1. The summed E-state index contributed by atoms with van der Waals surface area (Å²) in [4.78, 5) is 3.93. The Kier molecular flexibility index (Phi) is 3.60. The van der Waals surface area contributed by atoms with Gasteiger partial charge in [-0.1, -0.05) is 0 Å². The number of sulfonamides is 1. The zero-order valence-electron chi connectivity index (χ0n) is 9.34. The number of nitrogen functional groups attached to an aromatic ring is 1. The highest BCUT2D eigenvalue weighted by Gasteiger charge is 2.17. The van der Waals surface area contributed by atoms with Gasteiger partial charge >= 0.3 is 0 Å². The first-order valence-electron chi connectivity index (χ1n) is 4.89. The van der Waals surface area contributed by atoms with Crippen molar-refractivity contribution < 1.29 is 8.42 Å². The van der Waals surface area contributed by atoms with Crippen LogP contribution in [-0.2, 0) is 10.0 Å². The molecule has 0 saturated heterocycles. The second kappa shape index (κ2) is 4.87. The van der Waals surface area contributed by atoms with Crippen LogP contribution >= 0.6 is 27.3 Å². The standard InChI is InChI=1S/C10H10BrN3O2S2/c1-6-13-5-10(17-6)18(15,16)14-7-2-3-9(12)8(11)4-7/h2-5,14H,12H2,1H3. The van der Waals surface area contributed by atoms with Crippen molar-refractivity contribution in [3.05, 3.63) is 33.9 Å². The van der Waals surface area contributed by atoms with Gasteiger partial charge in [-0.15, -0.1) is 11.3 Å². The summed E-state index contributed by atoms with van der Waals surface area (Å²) in [7, 11) is -3.58. The van der Waals surface area contributed by atoms with Crippen LogP contribution in [0, 0.1) is 6.92 Å². The zero-order chi connectivity index (χ0) is 13.3. The van der Waals surface area contributed by atoms with Crippen molar-refractivity contribution in [3.8, 4) is 0 Å². The van der Waals surface area contributed by atoms with Crippen LogP contribution in [0.5, 0.6) is 0 Å². The molecule has 0 fully saturated rings. The van der Waals surface area contributed by atoms with E-state index in [-0.39, 0.29) is 4.21 Å². The van der Waals surface area contributed by atoms with Crippen molar-refractivity contribution in [2.75, 3.05) is 10.5 Å². The maximum atomic E-state index is 12.0. The van der Waals surface area contributed by atoms with Gasteiger partial charge in [-0.3, -0.25) is 4.72 Å². The van der Waals surface area contributed by atoms with Crippen molar-refractivity contribution in [3.63, 3.8) is 0 Å². The molecule has 0 unspecified atom stereocenters. The summed E-state index contributed by atoms with van der Waals surface area (Å²) < 4.78 is 27.4. The molecule has 2 aromatic rings. The summed E-state index contributed by atoms with van der Waals surface area (Å²) in [5.41, 5.74) is 6.63. The topological polar surface area (TPSA) is 85.1 Å². The van der Waals surface area contributed by atoms with Gasteiger partial charge in [0.25, 0.3) is 10.0 Å². The van der Waals surface area contributed by atoms with Gasteiger partial charge in [0.1, 0.15) is 0 Å². The Hall–Kier alpha value is -1.12. The average molecular weight is 348 g/mol. The minimum absolute atomic E-state index is 0.188. The Morgan fingerprint density at radius 3 is 2.72 bits per heavy atom. The Labute approximate surface area is 117 Å². The number of aryl methyl sites for hydroxylation is 1. The van der Waals surface area contributed by atoms with Crippen LogP contribution in [0.2, 0.25) is 0 Å². The highest BCUT2D eigenvalue weighted by atomic mass is 79.9. The molecular weight excluding hydrogens is 338 g/mol. The summed E-state index contributed by atoms with van der Waals surface area (Å²) in [6.07, 6.45) is 1.34. The Morgan fingerprint density at radius 1 is 1.44 bits per heavy atom. The predicted octanol–water partition coefficient (Wildman–Crippen LogP) is 2.60. The first kappa shape index (κ1) is 13.3. The molecule has 0 spiro atoms. The molecule has 96 valence electrons. The normalized spacial score (nSPS) is 11.4. The molecule has 18 heavy (non-hydrogen) atoms. The van der Waals surface area contributed by atoms with Crippen molar-refractivity contribution in [1.29, 1.82) is 0 Å². The molecule has 0 aliphatic heterocycles. The van der Waals surface area contributed by atoms with E-state index in [4.69, 9.17) is 5.73 Å². The second-order valence-corrected chi connectivity index (χ2v) is 7.54. The van der Waals surface area contributed by atoms with E-state index in [2.05, 4.69) is 25.6 Å². The molecule has 0 saturated carbocycles. The maximum Gasteiger partial charge on any atom is 0.273 e. The molecule has 0 atom stereocenters. The summed E-state index contributed by atoms with van der Waals surface area (Å²) in [6.45, 7) is 1.75. The number of hydrogen-bond acceptors (Lipinski definition) is 5. The third kappa shape index (κ3) is 2.82. The number of thiazole rings is 1. The largest absolute Gasteiger partial charge is 0.398 e. The van der Waals surface area contributed by atoms with E-state index in [1.165, 1.54) is 6.20 Å². The first-order chi connectivity index (χ1) is 8.38. The third-order valence-electron chi connectivity index (χ3n) is 2.12. The van der Waals surface area contributed by atoms with E-state index in [0.29, 0.717) is 20.9 Å². The molecule has 0 aliphatic rings. The van der Waals surface area contributed by atoms with E-state index < -0.39 is 10.0 Å². The van der Waals surface area contributed by atoms with Crippen LogP contribution < -0.4 is 10.5 Å². The minimum Gasteiger partial charge on any atom is -0.398 e. The molecule has 0 aliphatic carbocycles. The lowest BCUT2D eigenvalue weighted by atomic mass is 10.3. The molecule has 8 heteroatoms. The second-order valence-electron chi connectivity index (χ2n) is 3.54. The quantitative estimate of drug-likeness (QED) is 0.835. The molecule has 0 amide bonds. The number of hydrogen-bond donors (Lipinski definition) is 2. The fourth-order valence-corrected chi connectivity index (χ4v) is 3.80. The van der Waals surface area contributed by atoms with E-state index >= 15 is 0 Å².